The molecule has 0 aliphatic rings. The molecule has 0 radical (unpaired) electrons. The number of benzene rings is 2. The van der Waals surface area contributed by atoms with Crippen LogP contribution >= 0.6 is 0 Å². The van der Waals surface area contributed by atoms with Gasteiger partial charge in [-0.25, -0.2) is 4.68 Å². The number of nitrogens with zero attached hydrogens (tertiary/aromatic N) is 4. The molecule has 8 nitrogen and oxygen atoms in total. The van der Waals surface area contributed by atoms with Crippen molar-refractivity contribution in [2.45, 2.75) is 32.6 Å². The van der Waals surface area contributed by atoms with E-state index in [1.807, 2.05) is 36.4 Å². The molecule has 0 saturated heterocycles. The zero-order valence-electron chi connectivity index (χ0n) is 17.6. The summed E-state index contributed by atoms with van der Waals surface area (Å²) >= 11 is 0. The summed E-state index contributed by atoms with van der Waals surface area (Å²) in [6.07, 6.45) is 0.168. The molecule has 2 aromatic carbocycles. The summed E-state index contributed by atoms with van der Waals surface area (Å²) in [7, 11) is 1.75. The van der Waals surface area contributed by atoms with Gasteiger partial charge in [-0.3, -0.25) is 9.59 Å². The van der Waals surface area contributed by atoms with Gasteiger partial charge in [-0.15, -0.1) is 5.10 Å². The first-order valence-electron chi connectivity index (χ1n) is 9.75. The number of carbonyl (C=O) groups is 2. The van der Waals surface area contributed by atoms with Gasteiger partial charge in [0.2, 0.25) is 5.91 Å². The average Bonchev–Trinajstić information content (AvgIpc) is 3.13. The van der Waals surface area contributed by atoms with E-state index in [1.54, 1.807) is 23.9 Å². The van der Waals surface area contributed by atoms with Crippen LogP contribution in [0.5, 0.6) is 0 Å². The van der Waals surface area contributed by atoms with Gasteiger partial charge in [0.1, 0.15) is 0 Å². The summed E-state index contributed by atoms with van der Waals surface area (Å²) in [4.78, 5) is 24.5. The number of nitrogens with one attached hydrogen (secondary N) is 2. The number of tetrazole rings is 1. The van der Waals surface area contributed by atoms with Crippen LogP contribution in [0.15, 0.2) is 48.5 Å². The zero-order chi connectivity index (χ0) is 21.7. The van der Waals surface area contributed by atoms with Crippen LogP contribution in [0.4, 0.5) is 5.69 Å². The van der Waals surface area contributed by atoms with Crippen LogP contribution in [-0.4, -0.2) is 38.6 Å². The molecule has 0 atom stereocenters. The van der Waals surface area contributed by atoms with Crippen molar-refractivity contribution in [2.24, 2.45) is 7.05 Å². The third kappa shape index (κ3) is 5.28. The largest absolute Gasteiger partial charge is 0.352 e. The van der Waals surface area contributed by atoms with Gasteiger partial charge in [0.05, 0.1) is 0 Å². The number of aryl methyl sites for hydroxylation is 1. The molecule has 0 unspecified atom stereocenters. The Bertz CT molecular complexity index is 1030. The number of aromatic nitrogens is 4. The number of anilines is 1. The molecule has 3 rings (SSSR count). The Balaban J connectivity index is 1.50. The van der Waals surface area contributed by atoms with E-state index in [9.17, 15) is 9.59 Å². The topological polar surface area (TPSA) is 102 Å². The van der Waals surface area contributed by atoms with Crippen molar-refractivity contribution in [1.82, 2.24) is 25.5 Å². The average molecular weight is 406 g/mol. The standard InChI is InChI=1S/C22H26N6O2/c1-22(2,3)17-10-8-15(9-11-17)21(30)23-13-12-19(29)24-18-7-5-6-16(14-18)20-25-26-27-28(20)4/h5-11,14H,12-13H2,1-4H3,(H,23,30)(H,24,29). The maximum absolute atomic E-state index is 12.3. The number of hydrogen-bond donors (Lipinski definition) is 2. The van der Waals surface area contributed by atoms with E-state index in [2.05, 4.69) is 46.9 Å². The van der Waals surface area contributed by atoms with E-state index >= 15 is 0 Å². The highest BCUT2D eigenvalue weighted by Gasteiger charge is 2.14. The SMILES string of the molecule is Cn1nnnc1-c1cccc(NC(=O)CCNC(=O)c2ccc(C(C)(C)C)cc2)c1. The zero-order valence-corrected chi connectivity index (χ0v) is 17.6. The van der Waals surface area contributed by atoms with Gasteiger partial charge in [0, 0.05) is 36.8 Å². The smallest absolute Gasteiger partial charge is 0.251 e. The highest BCUT2D eigenvalue weighted by molar-refractivity contribution is 5.95. The van der Waals surface area contributed by atoms with Gasteiger partial charge in [0.25, 0.3) is 5.91 Å². The summed E-state index contributed by atoms with van der Waals surface area (Å²) in [6, 6.07) is 14.8. The van der Waals surface area contributed by atoms with E-state index in [-0.39, 0.29) is 30.2 Å². The first-order chi connectivity index (χ1) is 14.2. The van der Waals surface area contributed by atoms with Crippen molar-refractivity contribution in [2.75, 3.05) is 11.9 Å². The number of rotatable bonds is 6. The molecule has 8 heteroatoms. The predicted octanol–water partition coefficient (Wildman–Crippen LogP) is 2.93. The molecule has 2 N–H and O–H groups in total. The van der Waals surface area contributed by atoms with Crippen LogP contribution < -0.4 is 10.6 Å². The summed E-state index contributed by atoms with van der Waals surface area (Å²) in [5, 5.41) is 17.0. The second-order valence-corrected chi connectivity index (χ2v) is 8.09. The summed E-state index contributed by atoms with van der Waals surface area (Å²) in [5.74, 6) is 0.225. The minimum atomic E-state index is -0.194. The van der Waals surface area contributed by atoms with Gasteiger partial charge >= 0.3 is 0 Å². The molecule has 3 aromatic rings. The first-order valence-corrected chi connectivity index (χ1v) is 9.75. The highest BCUT2D eigenvalue weighted by atomic mass is 16.2. The lowest BCUT2D eigenvalue weighted by Crippen LogP contribution is -2.27. The van der Waals surface area contributed by atoms with Gasteiger partial charge in [0.15, 0.2) is 5.82 Å². The number of hydrogen-bond acceptors (Lipinski definition) is 5. The van der Waals surface area contributed by atoms with Gasteiger partial charge in [-0.05, 0) is 45.7 Å². The number of amides is 2. The molecular formula is C22H26N6O2. The monoisotopic (exact) mass is 406 g/mol. The summed E-state index contributed by atoms with van der Waals surface area (Å²) in [6.45, 7) is 6.63. The van der Waals surface area contributed by atoms with Gasteiger partial charge in [-0.2, -0.15) is 0 Å². The van der Waals surface area contributed by atoms with E-state index < -0.39 is 0 Å². The molecule has 0 bridgehead atoms. The van der Waals surface area contributed by atoms with Gasteiger partial charge in [-0.1, -0.05) is 45.0 Å². The lowest BCUT2D eigenvalue weighted by molar-refractivity contribution is -0.116. The molecule has 156 valence electrons. The maximum Gasteiger partial charge on any atom is 0.251 e. The van der Waals surface area contributed by atoms with Crippen molar-refractivity contribution >= 4 is 17.5 Å². The van der Waals surface area contributed by atoms with E-state index in [1.165, 1.54) is 0 Å². The lowest BCUT2D eigenvalue weighted by atomic mass is 9.87. The van der Waals surface area contributed by atoms with Crippen LogP contribution in [0.1, 0.15) is 43.1 Å². The normalized spacial score (nSPS) is 11.2. The minimum Gasteiger partial charge on any atom is -0.352 e. The minimum absolute atomic E-state index is 0.0354. The molecule has 0 fully saturated rings. The van der Waals surface area contributed by atoms with Crippen LogP contribution in [0.2, 0.25) is 0 Å². The Hall–Kier alpha value is -3.55. The van der Waals surface area contributed by atoms with Crippen LogP contribution in [-0.2, 0) is 17.3 Å². The molecule has 0 saturated carbocycles. The predicted molar refractivity (Wildman–Crippen MR) is 115 cm³/mol. The third-order valence-electron chi connectivity index (χ3n) is 4.68. The van der Waals surface area contributed by atoms with E-state index in [0.29, 0.717) is 17.1 Å². The number of carbonyl (C=O) groups excluding carboxylic acids is 2. The summed E-state index contributed by atoms with van der Waals surface area (Å²) in [5.41, 5.74) is 3.22. The van der Waals surface area contributed by atoms with Crippen molar-refractivity contribution in [1.29, 1.82) is 0 Å². The third-order valence-corrected chi connectivity index (χ3v) is 4.68. The van der Waals surface area contributed by atoms with E-state index in [0.717, 1.165) is 11.1 Å². The van der Waals surface area contributed by atoms with Gasteiger partial charge < -0.3 is 10.6 Å². The van der Waals surface area contributed by atoms with Crippen molar-refractivity contribution in [3.63, 3.8) is 0 Å². The van der Waals surface area contributed by atoms with Crippen LogP contribution in [0.3, 0.4) is 0 Å². The fourth-order valence-electron chi connectivity index (χ4n) is 2.95. The Morgan fingerprint density at radius 3 is 2.43 bits per heavy atom. The molecule has 0 aliphatic heterocycles. The first kappa shape index (κ1) is 21.2. The summed E-state index contributed by atoms with van der Waals surface area (Å²) < 4.78 is 1.56. The molecule has 2 amide bonds. The molecule has 1 aromatic heterocycles. The Morgan fingerprint density at radius 1 is 1.07 bits per heavy atom. The molecule has 1 heterocycles. The fraction of sp³-hybridized carbons (Fsp3) is 0.318. The Labute approximate surface area is 175 Å². The highest BCUT2D eigenvalue weighted by Crippen LogP contribution is 2.22. The Morgan fingerprint density at radius 2 is 1.80 bits per heavy atom. The molecule has 30 heavy (non-hydrogen) atoms. The maximum atomic E-state index is 12.3. The van der Waals surface area contributed by atoms with E-state index in [4.69, 9.17) is 0 Å². The lowest BCUT2D eigenvalue weighted by Gasteiger charge is -2.19. The van der Waals surface area contributed by atoms with Crippen molar-refractivity contribution in [3.8, 4) is 11.4 Å². The van der Waals surface area contributed by atoms with Crippen molar-refractivity contribution < 1.29 is 9.59 Å². The second-order valence-electron chi connectivity index (χ2n) is 8.09. The van der Waals surface area contributed by atoms with Crippen molar-refractivity contribution in [3.05, 3.63) is 59.7 Å². The quantitative estimate of drug-likeness (QED) is 0.655. The van der Waals surface area contributed by atoms with Crippen LogP contribution in [0, 0.1) is 0 Å². The Kier molecular flexibility index (Phi) is 6.25. The van der Waals surface area contributed by atoms with Crippen LogP contribution in [0.25, 0.3) is 11.4 Å². The molecular weight excluding hydrogens is 380 g/mol. The molecule has 0 spiro atoms. The fourth-order valence-corrected chi connectivity index (χ4v) is 2.95. The second kappa shape index (κ2) is 8.86. The molecule has 0 aliphatic carbocycles.